The normalized spacial score (nSPS) is 32.9. The zero-order valence-corrected chi connectivity index (χ0v) is 14.7. The van der Waals surface area contributed by atoms with E-state index < -0.39 is 0 Å². The van der Waals surface area contributed by atoms with Crippen molar-refractivity contribution in [1.82, 2.24) is 9.80 Å². The van der Waals surface area contributed by atoms with Crippen molar-refractivity contribution >= 4 is 11.8 Å². The van der Waals surface area contributed by atoms with Crippen LogP contribution in [0, 0.1) is 0 Å². The van der Waals surface area contributed by atoms with E-state index in [1.165, 1.54) is 12.8 Å². The lowest BCUT2D eigenvalue weighted by atomic mass is 9.96. The van der Waals surface area contributed by atoms with E-state index in [0.717, 1.165) is 25.7 Å². The van der Waals surface area contributed by atoms with Gasteiger partial charge >= 0.3 is 0 Å². The highest BCUT2D eigenvalue weighted by atomic mass is 16.2. The van der Waals surface area contributed by atoms with Crippen LogP contribution >= 0.6 is 0 Å². The van der Waals surface area contributed by atoms with Crippen molar-refractivity contribution < 1.29 is 9.59 Å². The van der Waals surface area contributed by atoms with E-state index >= 15 is 0 Å². The number of carbonyl (C=O) groups excluding carboxylic acids is 2. The van der Waals surface area contributed by atoms with Gasteiger partial charge in [-0.1, -0.05) is 0 Å². The predicted octanol–water partition coefficient (Wildman–Crippen LogP) is 3.35. The van der Waals surface area contributed by atoms with Crippen molar-refractivity contribution in [3.63, 3.8) is 0 Å². The van der Waals surface area contributed by atoms with Gasteiger partial charge in [-0.2, -0.15) is 0 Å². The van der Waals surface area contributed by atoms with Crippen molar-refractivity contribution in [3.05, 3.63) is 0 Å². The predicted molar refractivity (Wildman–Crippen MR) is 88.5 cm³/mol. The second-order valence-electron chi connectivity index (χ2n) is 7.36. The Kier molecular flexibility index (Phi) is 5.87. The molecule has 0 unspecified atom stereocenters. The van der Waals surface area contributed by atoms with Gasteiger partial charge in [0, 0.05) is 37.0 Å². The van der Waals surface area contributed by atoms with Crippen LogP contribution in [0.3, 0.4) is 0 Å². The topological polar surface area (TPSA) is 40.6 Å². The number of piperidine rings is 2. The minimum Gasteiger partial charge on any atom is -0.337 e. The number of hydrogen-bond donors (Lipinski definition) is 0. The standard InChI is InChI=1S/C18H32N2O2/c1-13-7-5-8-14(2)19(13)17(21)11-12-18(22)20-15(3)9-6-10-16(20)4/h13-16H,5-12H2,1-4H3/t13-,14-,15-,16+/m0/s1. The van der Waals surface area contributed by atoms with Gasteiger partial charge < -0.3 is 9.80 Å². The van der Waals surface area contributed by atoms with Crippen LogP contribution in [0.5, 0.6) is 0 Å². The fourth-order valence-corrected chi connectivity index (χ4v) is 4.30. The van der Waals surface area contributed by atoms with Crippen LogP contribution in [0.25, 0.3) is 0 Å². The number of amides is 2. The molecule has 0 radical (unpaired) electrons. The van der Waals surface area contributed by atoms with E-state index in [-0.39, 0.29) is 11.8 Å². The molecule has 22 heavy (non-hydrogen) atoms. The second kappa shape index (κ2) is 7.47. The third-order valence-corrected chi connectivity index (χ3v) is 5.52. The highest BCUT2D eigenvalue weighted by molar-refractivity contribution is 5.84. The summed E-state index contributed by atoms with van der Waals surface area (Å²) < 4.78 is 0. The summed E-state index contributed by atoms with van der Waals surface area (Å²) in [5, 5.41) is 0. The highest BCUT2D eigenvalue weighted by Crippen LogP contribution is 2.25. The number of rotatable bonds is 3. The average Bonchev–Trinajstić information content (AvgIpc) is 2.44. The molecule has 4 atom stereocenters. The van der Waals surface area contributed by atoms with Crippen LogP contribution in [0.2, 0.25) is 0 Å². The van der Waals surface area contributed by atoms with Crippen LogP contribution in [-0.2, 0) is 9.59 Å². The van der Waals surface area contributed by atoms with E-state index in [9.17, 15) is 9.59 Å². The Morgan fingerprint density at radius 3 is 1.23 bits per heavy atom. The van der Waals surface area contributed by atoms with E-state index in [1.807, 2.05) is 9.80 Å². The molecule has 2 amide bonds. The summed E-state index contributed by atoms with van der Waals surface area (Å²) in [6.07, 6.45) is 7.48. The van der Waals surface area contributed by atoms with Gasteiger partial charge in [0.1, 0.15) is 0 Å². The molecule has 0 bridgehead atoms. The monoisotopic (exact) mass is 308 g/mol. The van der Waals surface area contributed by atoms with Crippen LogP contribution in [0.1, 0.15) is 79.1 Å². The molecule has 0 aliphatic carbocycles. The molecule has 0 saturated carbocycles. The molecule has 0 N–H and O–H groups in total. The number of nitrogens with zero attached hydrogens (tertiary/aromatic N) is 2. The number of hydrogen-bond acceptors (Lipinski definition) is 2. The lowest BCUT2D eigenvalue weighted by Gasteiger charge is -2.40. The van der Waals surface area contributed by atoms with Crippen LogP contribution in [0.4, 0.5) is 0 Å². The molecule has 0 aromatic rings. The maximum Gasteiger partial charge on any atom is 0.223 e. The van der Waals surface area contributed by atoms with E-state index in [4.69, 9.17) is 0 Å². The minimum absolute atomic E-state index is 0.158. The van der Waals surface area contributed by atoms with Crippen molar-refractivity contribution in [2.45, 2.75) is 103 Å². The molecule has 4 nitrogen and oxygen atoms in total. The first-order chi connectivity index (χ1) is 10.4. The van der Waals surface area contributed by atoms with Gasteiger partial charge in [0.05, 0.1) is 0 Å². The van der Waals surface area contributed by atoms with Crippen LogP contribution < -0.4 is 0 Å². The summed E-state index contributed by atoms with van der Waals surface area (Å²) in [4.78, 5) is 29.1. The molecule has 126 valence electrons. The fourth-order valence-electron chi connectivity index (χ4n) is 4.30. The Balaban J connectivity index is 1.88. The lowest BCUT2D eigenvalue weighted by molar-refractivity contribution is -0.143. The van der Waals surface area contributed by atoms with E-state index in [0.29, 0.717) is 37.0 Å². The SMILES string of the molecule is C[C@@H]1CCC[C@H](C)N1C(=O)CCC(=O)N1[C@@H](C)CCC[C@@H]1C. The van der Waals surface area contributed by atoms with Gasteiger partial charge in [0.15, 0.2) is 0 Å². The molecule has 2 fully saturated rings. The van der Waals surface area contributed by atoms with Crippen molar-refractivity contribution in [3.8, 4) is 0 Å². The quantitative estimate of drug-likeness (QED) is 0.802. The van der Waals surface area contributed by atoms with Gasteiger partial charge in [-0.3, -0.25) is 9.59 Å². The summed E-state index contributed by atoms with van der Waals surface area (Å²) in [6.45, 7) is 8.52. The van der Waals surface area contributed by atoms with Gasteiger partial charge in [-0.05, 0) is 66.2 Å². The van der Waals surface area contributed by atoms with E-state index in [1.54, 1.807) is 0 Å². The molecule has 2 saturated heterocycles. The number of carbonyl (C=O) groups is 2. The van der Waals surface area contributed by atoms with Gasteiger partial charge in [-0.25, -0.2) is 0 Å². The van der Waals surface area contributed by atoms with Crippen molar-refractivity contribution in [2.75, 3.05) is 0 Å². The molecule has 0 aromatic carbocycles. The lowest BCUT2D eigenvalue weighted by Crippen LogP contribution is -2.49. The smallest absolute Gasteiger partial charge is 0.223 e. The molecule has 2 aliphatic rings. The first-order valence-electron chi connectivity index (χ1n) is 9.04. The van der Waals surface area contributed by atoms with Gasteiger partial charge in [0.25, 0.3) is 0 Å². The fraction of sp³-hybridized carbons (Fsp3) is 0.889. The first-order valence-corrected chi connectivity index (χ1v) is 9.04. The Hall–Kier alpha value is -1.06. The molecule has 0 spiro atoms. The van der Waals surface area contributed by atoms with E-state index in [2.05, 4.69) is 27.7 Å². The summed E-state index contributed by atoms with van der Waals surface area (Å²) in [5.41, 5.74) is 0. The maximum atomic E-state index is 12.5. The Morgan fingerprint density at radius 1 is 0.682 bits per heavy atom. The first kappa shape index (κ1) is 17.3. The number of likely N-dealkylation sites (tertiary alicyclic amines) is 2. The highest BCUT2D eigenvalue weighted by Gasteiger charge is 2.31. The average molecular weight is 308 g/mol. The van der Waals surface area contributed by atoms with Gasteiger partial charge in [-0.15, -0.1) is 0 Å². The van der Waals surface area contributed by atoms with Crippen LogP contribution in [0.15, 0.2) is 0 Å². The second-order valence-corrected chi connectivity index (χ2v) is 7.36. The summed E-state index contributed by atoms with van der Waals surface area (Å²) >= 11 is 0. The van der Waals surface area contributed by atoms with Crippen molar-refractivity contribution in [1.29, 1.82) is 0 Å². The third-order valence-electron chi connectivity index (χ3n) is 5.52. The molecule has 2 rings (SSSR count). The van der Waals surface area contributed by atoms with Crippen molar-refractivity contribution in [2.24, 2.45) is 0 Å². The Morgan fingerprint density at radius 2 is 0.955 bits per heavy atom. The molecule has 0 aromatic heterocycles. The Bertz CT molecular complexity index is 352. The molecular weight excluding hydrogens is 276 g/mol. The largest absolute Gasteiger partial charge is 0.337 e. The summed E-state index contributed by atoms with van der Waals surface area (Å²) in [7, 11) is 0. The summed E-state index contributed by atoms with van der Waals surface area (Å²) in [6, 6.07) is 1.27. The molecule has 4 heteroatoms. The molecule has 2 heterocycles. The molecular formula is C18H32N2O2. The summed E-state index contributed by atoms with van der Waals surface area (Å²) in [5.74, 6) is 0.315. The third kappa shape index (κ3) is 3.82. The zero-order valence-electron chi connectivity index (χ0n) is 14.7. The van der Waals surface area contributed by atoms with Gasteiger partial charge in [0.2, 0.25) is 11.8 Å². The molecule has 2 aliphatic heterocycles. The minimum atomic E-state index is 0.158. The zero-order chi connectivity index (χ0) is 16.3. The maximum absolute atomic E-state index is 12.5. The van der Waals surface area contributed by atoms with Crippen LogP contribution in [-0.4, -0.2) is 45.8 Å². The Labute approximate surface area is 135 Å².